The van der Waals surface area contributed by atoms with Gasteiger partial charge in [0.15, 0.2) is 23.6 Å². The lowest BCUT2D eigenvalue weighted by Crippen LogP contribution is -2.36. The summed E-state index contributed by atoms with van der Waals surface area (Å²) >= 11 is 0. The van der Waals surface area contributed by atoms with Gasteiger partial charge in [-0.1, -0.05) is 12.1 Å². The molecule has 0 bridgehead atoms. The van der Waals surface area contributed by atoms with Gasteiger partial charge in [-0.2, -0.15) is 0 Å². The second-order valence-corrected chi connectivity index (χ2v) is 5.20. The largest absolute Gasteiger partial charge is 0.508 e. The Morgan fingerprint density at radius 1 is 1.08 bits per heavy atom. The Balaban J connectivity index is 1.96. The van der Waals surface area contributed by atoms with Crippen molar-refractivity contribution in [1.82, 2.24) is 5.32 Å². The fourth-order valence-electron chi connectivity index (χ4n) is 2.12. The highest BCUT2D eigenvalue weighted by atomic mass is 19.2. The van der Waals surface area contributed by atoms with Crippen LogP contribution in [0.2, 0.25) is 0 Å². The van der Waals surface area contributed by atoms with Gasteiger partial charge in [0, 0.05) is 7.11 Å². The Bertz CT molecular complexity index is 812. The Hall–Kier alpha value is -3.07. The van der Waals surface area contributed by atoms with Gasteiger partial charge in [-0.3, -0.25) is 9.59 Å². The summed E-state index contributed by atoms with van der Waals surface area (Å²) in [5.41, 5.74) is -0.111. The number of phenols is 1. The third kappa shape index (κ3) is 4.51. The second kappa shape index (κ2) is 8.34. The van der Waals surface area contributed by atoms with E-state index in [-0.39, 0.29) is 5.75 Å². The van der Waals surface area contributed by atoms with Crippen molar-refractivity contribution >= 4 is 17.5 Å². The monoisotopic (exact) mass is 368 g/mol. The molecule has 0 spiro atoms. The van der Waals surface area contributed by atoms with Crippen LogP contribution in [0.25, 0.3) is 0 Å². The van der Waals surface area contributed by atoms with Crippen molar-refractivity contribution in [2.75, 3.05) is 19.0 Å². The van der Waals surface area contributed by atoms with E-state index in [0.29, 0.717) is 11.6 Å². The number of hydrogen-bond donors (Lipinski definition) is 3. The maximum absolute atomic E-state index is 13.5. The summed E-state index contributed by atoms with van der Waals surface area (Å²) in [5.74, 6) is -6.12. The number of carbonyl (C=O) groups is 2. The van der Waals surface area contributed by atoms with Gasteiger partial charge in [-0.15, -0.1) is 0 Å². The number of hydrogen-bond acceptors (Lipinski definition) is 4. The van der Waals surface area contributed by atoms with Crippen LogP contribution >= 0.6 is 0 Å². The zero-order valence-corrected chi connectivity index (χ0v) is 13.6. The molecule has 0 unspecified atom stereocenters. The molecular weight excluding hydrogens is 353 g/mol. The Morgan fingerprint density at radius 3 is 2.35 bits per heavy atom. The van der Waals surface area contributed by atoms with E-state index in [1.54, 1.807) is 0 Å². The lowest BCUT2D eigenvalue weighted by Gasteiger charge is -2.15. The topological polar surface area (TPSA) is 87.7 Å². The van der Waals surface area contributed by atoms with Crippen molar-refractivity contribution in [3.05, 3.63) is 59.4 Å². The molecule has 0 aliphatic heterocycles. The van der Waals surface area contributed by atoms with Crippen LogP contribution in [0.5, 0.6) is 5.75 Å². The van der Waals surface area contributed by atoms with Crippen molar-refractivity contribution in [3.8, 4) is 5.75 Å². The number of amides is 2. The molecule has 2 aromatic carbocycles. The minimum atomic E-state index is -1.71. The first-order chi connectivity index (χ1) is 12.3. The Kier molecular flexibility index (Phi) is 6.18. The highest BCUT2D eigenvalue weighted by Gasteiger charge is 2.21. The van der Waals surface area contributed by atoms with Gasteiger partial charge in [0.25, 0.3) is 5.91 Å². The second-order valence-electron chi connectivity index (χ2n) is 5.20. The van der Waals surface area contributed by atoms with Crippen LogP contribution in [0.3, 0.4) is 0 Å². The van der Waals surface area contributed by atoms with Crippen LogP contribution in [-0.2, 0) is 14.3 Å². The van der Waals surface area contributed by atoms with Crippen LogP contribution < -0.4 is 10.6 Å². The number of methoxy groups -OCH3 is 1. The number of carbonyl (C=O) groups excluding carboxylic acids is 2. The smallest absolute Gasteiger partial charge is 0.254 e. The van der Waals surface area contributed by atoms with Gasteiger partial charge in [0.05, 0.1) is 12.2 Å². The van der Waals surface area contributed by atoms with Crippen molar-refractivity contribution in [1.29, 1.82) is 0 Å². The van der Waals surface area contributed by atoms with Gasteiger partial charge in [0.1, 0.15) is 5.75 Å². The zero-order chi connectivity index (χ0) is 19.3. The normalized spacial score (nSPS) is 11.7. The van der Waals surface area contributed by atoms with Crippen LogP contribution in [-0.4, -0.2) is 30.6 Å². The molecule has 0 heterocycles. The van der Waals surface area contributed by atoms with Crippen LogP contribution in [0, 0.1) is 17.5 Å². The molecule has 2 amide bonds. The number of rotatable bonds is 6. The molecule has 9 heteroatoms. The first-order valence-corrected chi connectivity index (χ1v) is 7.36. The lowest BCUT2D eigenvalue weighted by molar-refractivity contribution is -0.132. The molecule has 138 valence electrons. The highest BCUT2D eigenvalue weighted by Crippen LogP contribution is 2.20. The SMILES string of the molecule is CO[C@@H](C(=O)NCC(=O)Nc1ccc(F)c(F)c1F)c1ccc(O)cc1. The molecule has 6 nitrogen and oxygen atoms in total. The standard InChI is InChI=1S/C17H15F3N2O4/c1-26-16(9-2-4-10(23)5-3-9)17(25)21-8-13(24)22-12-7-6-11(18)14(19)15(12)20/h2-7,16,23H,8H2,1H3,(H,21,25)(H,22,24)/t16-/m1/s1. The quantitative estimate of drug-likeness (QED) is 0.683. The van der Waals surface area contributed by atoms with Gasteiger partial charge in [-0.25, -0.2) is 13.2 Å². The molecule has 0 radical (unpaired) electrons. The van der Waals surface area contributed by atoms with Gasteiger partial charge in [0.2, 0.25) is 5.91 Å². The molecule has 0 saturated carbocycles. The van der Waals surface area contributed by atoms with Gasteiger partial charge < -0.3 is 20.5 Å². The van der Waals surface area contributed by atoms with E-state index in [1.807, 2.05) is 5.32 Å². The first-order valence-electron chi connectivity index (χ1n) is 7.36. The van der Waals surface area contributed by atoms with E-state index in [0.717, 1.165) is 6.07 Å². The van der Waals surface area contributed by atoms with E-state index < -0.39 is 47.6 Å². The van der Waals surface area contributed by atoms with Crippen LogP contribution in [0.4, 0.5) is 18.9 Å². The zero-order valence-electron chi connectivity index (χ0n) is 13.6. The summed E-state index contributed by atoms with van der Waals surface area (Å²) in [5, 5.41) is 13.6. The molecular formula is C17H15F3N2O4. The van der Waals surface area contributed by atoms with Crippen molar-refractivity contribution in [2.45, 2.75) is 6.10 Å². The number of phenolic OH excluding ortho intramolecular Hbond substituents is 1. The summed E-state index contributed by atoms with van der Waals surface area (Å²) in [4.78, 5) is 23.9. The summed E-state index contributed by atoms with van der Waals surface area (Å²) in [6, 6.07) is 7.21. The lowest BCUT2D eigenvalue weighted by atomic mass is 10.1. The number of benzene rings is 2. The molecule has 3 N–H and O–H groups in total. The minimum Gasteiger partial charge on any atom is -0.508 e. The summed E-state index contributed by atoms with van der Waals surface area (Å²) in [6.45, 7) is -0.546. The molecule has 0 saturated heterocycles. The van der Waals surface area contributed by atoms with E-state index >= 15 is 0 Å². The van der Waals surface area contributed by atoms with E-state index in [9.17, 15) is 27.9 Å². The summed E-state index contributed by atoms with van der Waals surface area (Å²) in [6.07, 6.45) is -1.04. The fraction of sp³-hybridized carbons (Fsp3) is 0.176. The third-order valence-electron chi connectivity index (χ3n) is 3.40. The predicted octanol–water partition coefficient (Wildman–Crippen LogP) is 2.25. The molecule has 2 aromatic rings. The van der Waals surface area contributed by atoms with E-state index in [2.05, 4.69) is 5.32 Å². The molecule has 0 aliphatic carbocycles. The maximum atomic E-state index is 13.5. The molecule has 0 aromatic heterocycles. The van der Waals surface area contributed by atoms with E-state index in [4.69, 9.17) is 4.74 Å². The predicted molar refractivity (Wildman–Crippen MR) is 85.8 cm³/mol. The molecule has 0 aliphatic rings. The molecule has 1 atom stereocenters. The third-order valence-corrected chi connectivity index (χ3v) is 3.40. The average Bonchev–Trinajstić information content (AvgIpc) is 2.62. The molecule has 0 fully saturated rings. The maximum Gasteiger partial charge on any atom is 0.254 e. The number of aromatic hydroxyl groups is 1. The number of nitrogens with one attached hydrogen (secondary N) is 2. The Morgan fingerprint density at radius 2 is 1.73 bits per heavy atom. The van der Waals surface area contributed by atoms with Crippen LogP contribution in [0.1, 0.15) is 11.7 Å². The van der Waals surface area contributed by atoms with Crippen molar-refractivity contribution < 1.29 is 32.6 Å². The number of ether oxygens (including phenoxy) is 1. The number of halogens is 3. The highest BCUT2D eigenvalue weighted by molar-refractivity contribution is 5.95. The fourth-order valence-corrected chi connectivity index (χ4v) is 2.12. The Labute approximate surface area is 146 Å². The summed E-state index contributed by atoms with van der Waals surface area (Å²) in [7, 11) is 1.29. The van der Waals surface area contributed by atoms with E-state index in [1.165, 1.54) is 31.4 Å². The van der Waals surface area contributed by atoms with Crippen molar-refractivity contribution in [2.24, 2.45) is 0 Å². The van der Waals surface area contributed by atoms with Gasteiger partial charge in [-0.05, 0) is 29.8 Å². The summed E-state index contributed by atoms with van der Waals surface area (Å²) < 4.78 is 44.5. The first kappa shape index (κ1) is 19.3. The van der Waals surface area contributed by atoms with Crippen LogP contribution in [0.15, 0.2) is 36.4 Å². The molecule has 2 rings (SSSR count). The van der Waals surface area contributed by atoms with Crippen molar-refractivity contribution in [3.63, 3.8) is 0 Å². The van der Waals surface area contributed by atoms with Gasteiger partial charge >= 0.3 is 0 Å². The molecule has 26 heavy (non-hydrogen) atoms. The minimum absolute atomic E-state index is 0.0111. The average molecular weight is 368 g/mol. The number of anilines is 1.